The highest BCUT2D eigenvalue weighted by molar-refractivity contribution is 6.18. The lowest BCUT2D eigenvalue weighted by Gasteiger charge is -2.23. The smallest absolute Gasteiger partial charge is 0.294 e. The Morgan fingerprint density at radius 1 is 1.45 bits per heavy atom. The molecule has 11 heavy (non-hydrogen) atoms. The van der Waals surface area contributed by atoms with Gasteiger partial charge in [-0.05, 0) is 14.0 Å². The van der Waals surface area contributed by atoms with Crippen molar-refractivity contribution in [2.45, 2.75) is 19.1 Å². The zero-order valence-electron chi connectivity index (χ0n) is 6.45. The van der Waals surface area contributed by atoms with Crippen LogP contribution < -0.4 is 0 Å². The van der Waals surface area contributed by atoms with Gasteiger partial charge in [0.1, 0.15) is 0 Å². The molecule has 0 aliphatic rings. The molecule has 0 spiro atoms. The van der Waals surface area contributed by atoms with E-state index in [0.29, 0.717) is 0 Å². The maximum absolute atomic E-state index is 11.7. The molecule has 0 saturated carbocycles. The van der Waals surface area contributed by atoms with Crippen LogP contribution in [0.4, 0.5) is 13.2 Å². The molecule has 0 fully saturated rings. The largest absolute Gasteiger partial charge is 0.401 e. The summed E-state index contributed by atoms with van der Waals surface area (Å²) in [4.78, 5) is 1.17. The van der Waals surface area contributed by atoms with E-state index in [0.717, 1.165) is 0 Å². The fourth-order valence-electron chi connectivity index (χ4n) is 0.556. The van der Waals surface area contributed by atoms with E-state index < -0.39 is 12.7 Å². The lowest BCUT2D eigenvalue weighted by atomic mass is 10.3. The Morgan fingerprint density at radius 3 is 2.18 bits per heavy atom. The van der Waals surface area contributed by atoms with E-state index in [1.807, 2.05) is 0 Å². The Kier molecular flexibility index (Phi) is 4.18. The second-order valence-corrected chi connectivity index (χ2v) is 2.84. The third-order valence-electron chi connectivity index (χ3n) is 1.40. The maximum atomic E-state index is 11.7. The Morgan fingerprint density at radius 2 is 1.91 bits per heavy atom. The van der Waals surface area contributed by atoms with E-state index in [2.05, 4.69) is 0 Å². The SMILES string of the molecule is CC(CCl)N(C)CC(F)(F)F. The third kappa shape index (κ3) is 5.32. The molecule has 0 aliphatic heterocycles. The molecule has 0 rings (SSSR count). The van der Waals surface area contributed by atoms with Crippen LogP contribution in [0.1, 0.15) is 6.92 Å². The van der Waals surface area contributed by atoms with Gasteiger partial charge in [-0.1, -0.05) is 0 Å². The highest BCUT2D eigenvalue weighted by Crippen LogP contribution is 2.16. The van der Waals surface area contributed by atoms with E-state index in [-0.39, 0.29) is 11.9 Å². The molecule has 0 aromatic heterocycles. The molecule has 0 aromatic carbocycles. The molecule has 0 heterocycles. The summed E-state index contributed by atoms with van der Waals surface area (Å²) in [5.74, 6) is 0.215. The molecule has 1 unspecified atom stereocenters. The Balaban J connectivity index is 3.77. The maximum Gasteiger partial charge on any atom is 0.401 e. The molecule has 1 nitrogen and oxygen atoms in total. The summed E-state index contributed by atoms with van der Waals surface area (Å²) < 4.78 is 35.2. The zero-order valence-corrected chi connectivity index (χ0v) is 7.21. The molecule has 0 saturated heterocycles. The first kappa shape index (κ1) is 11.0. The van der Waals surface area contributed by atoms with Crippen molar-refractivity contribution in [3.8, 4) is 0 Å². The fraction of sp³-hybridized carbons (Fsp3) is 1.00. The van der Waals surface area contributed by atoms with Crippen LogP contribution in [-0.2, 0) is 0 Å². The van der Waals surface area contributed by atoms with Crippen molar-refractivity contribution in [3.63, 3.8) is 0 Å². The fourth-order valence-corrected chi connectivity index (χ4v) is 0.792. The van der Waals surface area contributed by atoms with Crippen molar-refractivity contribution in [3.05, 3.63) is 0 Å². The van der Waals surface area contributed by atoms with Crippen molar-refractivity contribution < 1.29 is 13.2 Å². The monoisotopic (exact) mass is 189 g/mol. The molecule has 0 aromatic rings. The summed E-state index contributed by atoms with van der Waals surface area (Å²) in [5, 5.41) is 0. The van der Waals surface area contributed by atoms with Gasteiger partial charge in [0.2, 0.25) is 0 Å². The van der Waals surface area contributed by atoms with Crippen LogP contribution in [0.25, 0.3) is 0 Å². The van der Waals surface area contributed by atoms with Crippen LogP contribution in [-0.4, -0.2) is 36.6 Å². The highest BCUT2D eigenvalue weighted by atomic mass is 35.5. The number of nitrogens with zero attached hydrogens (tertiary/aromatic N) is 1. The molecule has 0 bridgehead atoms. The van der Waals surface area contributed by atoms with Crippen molar-refractivity contribution >= 4 is 11.6 Å². The van der Waals surface area contributed by atoms with Crippen LogP contribution in [0, 0.1) is 0 Å². The van der Waals surface area contributed by atoms with Gasteiger partial charge in [0.25, 0.3) is 0 Å². The predicted molar refractivity (Wildman–Crippen MR) is 38.9 cm³/mol. The minimum absolute atomic E-state index is 0.215. The molecule has 0 radical (unpaired) electrons. The molecule has 0 N–H and O–H groups in total. The quantitative estimate of drug-likeness (QED) is 0.615. The lowest BCUT2D eigenvalue weighted by molar-refractivity contribution is -0.146. The second-order valence-electron chi connectivity index (χ2n) is 2.53. The molecular formula is C6H11ClF3N. The number of alkyl halides is 4. The molecule has 68 valence electrons. The number of hydrogen-bond acceptors (Lipinski definition) is 1. The van der Waals surface area contributed by atoms with Gasteiger partial charge in [0.15, 0.2) is 0 Å². The Hall–Kier alpha value is 0.0400. The van der Waals surface area contributed by atoms with Crippen LogP contribution in [0.15, 0.2) is 0 Å². The lowest BCUT2D eigenvalue weighted by Crippen LogP contribution is -2.38. The highest BCUT2D eigenvalue weighted by Gasteiger charge is 2.30. The third-order valence-corrected chi connectivity index (χ3v) is 1.85. The van der Waals surface area contributed by atoms with E-state index in [9.17, 15) is 13.2 Å². The van der Waals surface area contributed by atoms with Crippen molar-refractivity contribution in [2.75, 3.05) is 19.5 Å². The summed E-state index contributed by atoms with van der Waals surface area (Å²) >= 11 is 5.37. The van der Waals surface area contributed by atoms with Crippen molar-refractivity contribution in [1.82, 2.24) is 4.90 Å². The second kappa shape index (κ2) is 4.16. The van der Waals surface area contributed by atoms with Gasteiger partial charge in [-0.25, -0.2) is 0 Å². The van der Waals surface area contributed by atoms with E-state index in [1.165, 1.54) is 11.9 Å². The minimum Gasteiger partial charge on any atom is -0.294 e. The zero-order chi connectivity index (χ0) is 9.07. The molecule has 0 amide bonds. The van der Waals surface area contributed by atoms with Crippen LogP contribution in [0.3, 0.4) is 0 Å². The average molecular weight is 190 g/mol. The van der Waals surface area contributed by atoms with Gasteiger partial charge in [-0.2, -0.15) is 13.2 Å². The van der Waals surface area contributed by atoms with Gasteiger partial charge in [-0.3, -0.25) is 4.90 Å². The minimum atomic E-state index is -4.13. The van der Waals surface area contributed by atoms with Crippen molar-refractivity contribution in [1.29, 1.82) is 0 Å². The van der Waals surface area contributed by atoms with Gasteiger partial charge in [-0.15, -0.1) is 11.6 Å². The number of halogens is 4. The first-order valence-corrected chi connectivity index (χ1v) is 3.73. The molecule has 5 heteroatoms. The predicted octanol–water partition coefficient (Wildman–Crippen LogP) is 2.11. The number of rotatable bonds is 3. The molecule has 1 atom stereocenters. The van der Waals surface area contributed by atoms with Crippen molar-refractivity contribution in [2.24, 2.45) is 0 Å². The summed E-state index contributed by atoms with van der Waals surface area (Å²) in [6.45, 7) is 0.750. The van der Waals surface area contributed by atoms with Crippen LogP contribution >= 0.6 is 11.6 Å². The van der Waals surface area contributed by atoms with Gasteiger partial charge in [0, 0.05) is 11.9 Å². The van der Waals surface area contributed by atoms with E-state index in [1.54, 1.807) is 6.92 Å². The van der Waals surface area contributed by atoms with Crippen LogP contribution in [0.5, 0.6) is 0 Å². The summed E-state index contributed by atoms with van der Waals surface area (Å²) in [7, 11) is 1.40. The normalized spacial score (nSPS) is 15.5. The Bertz CT molecular complexity index is 115. The molecule has 0 aliphatic carbocycles. The van der Waals surface area contributed by atoms with E-state index >= 15 is 0 Å². The first-order chi connectivity index (χ1) is 4.87. The summed E-state index contributed by atoms with van der Waals surface area (Å²) in [6, 6.07) is -0.238. The first-order valence-electron chi connectivity index (χ1n) is 3.20. The van der Waals surface area contributed by atoms with Gasteiger partial charge in [0.05, 0.1) is 6.54 Å². The van der Waals surface area contributed by atoms with Gasteiger partial charge < -0.3 is 0 Å². The van der Waals surface area contributed by atoms with Gasteiger partial charge >= 0.3 is 6.18 Å². The summed E-state index contributed by atoms with van der Waals surface area (Å²) in [6.07, 6.45) is -4.13. The molecular weight excluding hydrogens is 179 g/mol. The average Bonchev–Trinajstić information content (AvgIpc) is 1.82. The standard InChI is InChI=1S/C6H11ClF3N/c1-5(3-7)11(2)4-6(8,9)10/h5H,3-4H2,1-2H3. The van der Waals surface area contributed by atoms with Crippen LogP contribution in [0.2, 0.25) is 0 Å². The van der Waals surface area contributed by atoms with E-state index in [4.69, 9.17) is 11.6 Å². The topological polar surface area (TPSA) is 3.24 Å². The number of hydrogen-bond donors (Lipinski definition) is 0. The summed E-state index contributed by atoms with van der Waals surface area (Å²) in [5.41, 5.74) is 0. The Labute approximate surface area is 69.1 Å².